The molecule has 0 aromatic heterocycles. The summed E-state index contributed by atoms with van der Waals surface area (Å²) in [6.45, 7) is 0. The third-order valence-electron chi connectivity index (χ3n) is 0. The fourth-order valence-corrected chi connectivity index (χ4v) is 0. The van der Waals surface area contributed by atoms with Gasteiger partial charge in [0.15, 0.2) is 0 Å². The largest absolute Gasteiger partial charge is 1.00 e. The topological polar surface area (TPSA) is 112 Å². The Morgan fingerprint density at radius 1 is 1.33 bits per heavy atom. The van der Waals surface area contributed by atoms with Crippen LogP contribution < -0.4 is 110 Å². The average molecular weight is 304 g/mol. The predicted molar refractivity (Wildman–Crippen MR) is 15.7 cm³/mol. The zero-order valence-electron chi connectivity index (χ0n) is 5.04. The van der Waals surface area contributed by atoms with Gasteiger partial charge in [-0.25, -0.2) is 0 Å². The Labute approximate surface area is 134 Å². The predicted octanol–water partition coefficient (Wildman–Crippen LogP) is -11.4. The maximum atomic E-state index is 8.77. The van der Waals surface area contributed by atoms with E-state index in [0.29, 0.717) is 0 Å². The first-order valence-electron chi connectivity index (χ1n) is 0.765. The molecule has 0 aliphatic rings. The summed E-state index contributed by atoms with van der Waals surface area (Å²) in [4.78, 5) is 22.9. The molecule has 0 atom stereocenters. The molecule has 0 radical (unpaired) electrons. The molecule has 0 saturated heterocycles. The van der Waals surface area contributed by atoms with Crippen LogP contribution in [0.3, 0.4) is 0 Å². The Morgan fingerprint density at radius 2 is 1.33 bits per heavy atom. The van der Waals surface area contributed by atoms with Crippen LogP contribution in [0.4, 0.5) is 0 Å². The van der Waals surface area contributed by atoms with E-state index in [1.54, 1.807) is 0 Å². The summed E-state index contributed by atoms with van der Waals surface area (Å²) in [6.07, 6.45) is 0. The van der Waals surface area contributed by atoms with Crippen LogP contribution >= 0.6 is 7.82 Å². The van der Waals surface area contributed by atoms with Crippen molar-refractivity contribution in [3.63, 3.8) is 0 Å². The summed E-state index contributed by atoms with van der Waals surface area (Å²) in [7, 11) is -4.89. The quantitative estimate of drug-likeness (QED) is 0.263. The molecule has 9 heavy (non-hydrogen) atoms. The third kappa shape index (κ3) is 86.2. The van der Waals surface area contributed by atoms with E-state index in [1.807, 2.05) is 0 Å². The van der Waals surface area contributed by atoms with Crippen molar-refractivity contribution in [3.8, 4) is 0 Å². The number of hydrogen-bond donors (Lipinski definition) is 2. The van der Waals surface area contributed by atoms with E-state index in [1.165, 1.54) is 0 Å². The molecular formula is H4IKNaO5P. The minimum atomic E-state index is -4.89. The SMILES string of the molecule is O.O=P([O-])(O)O.[I-].[K+].[Na+]. The molecule has 9 heteroatoms. The van der Waals surface area contributed by atoms with Crippen LogP contribution in [-0.4, -0.2) is 15.3 Å². The summed E-state index contributed by atoms with van der Waals surface area (Å²) < 4.78 is 8.77. The molecule has 0 fully saturated rings. The molecule has 0 aliphatic heterocycles. The Hall–Kier alpha value is 3.44. The summed E-state index contributed by atoms with van der Waals surface area (Å²) in [5.41, 5.74) is 0. The van der Waals surface area contributed by atoms with Gasteiger partial charge in [0.1, 0.15) is 0 Å². The molecule has 0 heterocycles. The molecule has 0 spiro atoms. The minimum absolute atomic E-state index is 0. The summed E-state index contributed by atoms with van der Waals surface area (Å²) in [5.74, 6) is 0. The van der Waals surface area contributed by atoms with Gasteiger partial charge in [-0.1, -0.05) is 0 Å². The molecule has 0 saturated carbocycles. The van der Waals surface area contributed by atoms with Crippen molar-refractivity contribution >= 4 is 7.82 Å². The van der Waals surface area contributed by atoms with Crippen molar-refractivity contribution in [2.75, 3.05) is 0 Å². The van der Waals surface area contributed by atoms with Crippen LogP contribution in [0, 0.1) is 0 Å². The second kappa shape index (κ2) is 14.0. The van der Waals surface area contributed by atoms with Crippen LogP contribution in [-0.2, 0) is 4.57 Å². The van der Waals surface area contributed by atoms with E-state index in [9.17, 15) is 0 Å². The van der Waals surface area contributed by atoms with Gasteiger partial charge in [0.05, 0.1) is 0 Å². The zero-order chi connectivity index (χ0) is 4.50. The minimum Gasteiger partial charge on any atom is -1.00 e. The molecule has 4 N–H and O–H groups in total. The van der Waals surface area contributed by atoms with Crippen molar-refractivity contribution in [1.82, 2.24) is 0 Å². The van der Waals surface area contributed by atoms with Crippen LogP contribution in [0.15, 0.2) is 0 Å². The van der Waals surface area contributed by atoms with Crippen molar-refractivity contribution in [2.45, 2.75) is 0 Å². The van der Waals surface area contributed by atoms with E-state index in [-0.39, 0.29) is 110 Å². The number of phosphoric acid groups is 1. The van der Waals surface area contributed by atoms with Gasteiger partial charge < -0.3 is 44.1 Å². The normalized spacial score (nSPS) is 6.56. The Kier molecular flexibility index (Phi) is 45.7. The van der Waals surface area contributed by atoms with Gasteiger partial charge in [0.2, 0.25) is 0 Å². The molecule has 0 aromatic carbocycles. The fourth-order valence-electron chi connectivity index (χ4n) is 0. The van der Waals surface area contributed by atoms with Crippen LogP contribution in [0.5, 0.6) is 0 Å². The first-order chi connectivity index (χ1) is 2.00. The van der Waals surface area contributed by atoms with Crippen molar-refractivity contribution in [3.05, 3.63) is 0 Å². The molecule has 0 rings (SSSR count). The molecule has 0 unspecified atom stereocenters. The molecule has 0 aliphatic carbocycles. The van der Waals surface area contributed by atoms with E-state index in [2.05, 4.69) is 0 Å². The van der Waals surface area contributed by atoms with Gasteiger partial charge in [0.25, 0.3) is 7.82 Å². The number of hydrogen-bond acceptors (Lipinski definition) is 2. The van der Waals surface area contributed by atoms with Gasteiger partial charge >= 0.3 is 80.9 Å². The monoisotopic (exact) mass is 304 g/mol. The maximum Gasteiger partial charge on any atom is 1.00 e. The van der Waals surface area contributed by atoms with Gasteiger partial charge in [-0.05, 0) is 0 Å². The summed E-state index contributed by atoms with van der Waals surface area (Å²) in [6, 6.07) is 0. The van der Waals surface area contributed by atoms with Crippen molar-refractivity contribution < 1.29 is 130 Å². The van der Waals surface area contributed by atoms with Crippen LogP contribution in [0.25, 0.3) is 0 Å². The van der Waals surface area contributed by atoms with Gasteiger partial charge in [-0.3, -0.25) is 4.57 Å². The van der Waals surface area contributed by atoms with E-state index in [4.69, 9.17) is 19.2 Å². The Morgan fingerprint density at radius 3 is 1.33 bits per heavy atom. The first kappa shape index (κ1) is 29.4. The zero-order valence-corrected chi connectivity index (χ0v) is 13.2. The molecular weight excluding hydrogens is 300 g/mol. The molecule has 0 amide bonds. The smallest absolute Gasteiger partial charge is 1.00 e. The van der Waals surface area contributed by atoms with Crippen LogP contribution in [0.1, 0.15) is 0 Å². The average Bonchev–Trinajstić information content (AvgIpc) is 0.722. The van der Waals surface area contributed by atoms with Gasteiger partial charge in [-0.15, -0.1) is 0 Å². The van der Waals surface area contributed by atoms with E-state index in [0.717, 1.165) is 0 Å². The molecule has 48 valence electrons. The van der Waals surface area contributed by atoms with Gasteiger partial charge in [-0.2, -0.15) is 0 Å². The van der Waals surface area contributed by atoms with E-state index < -0.39 is 7.82 Å². The maximum absolute atomic E-state index is 8.77. The van der Waals surface area contributed by atoms with Gasteiger partial charge in [0, 0.05) is 0 Å². The van der Waals surface area contributed by atoms with Crippen LogP contribution in [0.2, 0.25) is 0 Å². The Balaban J connectivity index is -0.0000000133. The molecule has 0 aromatic rings. The molecule has 5 nitrogen and oxygen atoms in total. The number of halogens is 1. The second-order valence-electron chi connectivity index (χ2n) is 0.491. The fraction of sp³-hybridized carbons (Fsp3) is 0. The van der Waals surface area contributed by atoms with Crippen molar-refractivity contribution in [2.24, 2.45) is 0 Å². The Bertz CT molecular complexity index is 63.1. The summed E-state index contributed by atoms with van der Waals surface area (Å²) >= 11 is 0. The second-order valence-corrected chi connectivity index (χ2v) is 1.47. The third-order valence-corrected chi connectivity index (χ3v) is 0. The van der Waals surface area contributed by atoms with E-state index >= 15 is 0 Å². The first-order valence-corrected chi connectivity index (χ1v) is 2.30. The summed E-state index contributed by atoms with van der Waals surface area (Å²) in [5, 5.41) is 0. The van der Waals surface area contributed by atoms with Crippen molar-refractivity contribution in [1.29, 1.82) is 0 Å². The number of rotatable bonds is 0. The molecule has 0 bridgehead atoms. The standard InChI is InChI=1S/HI.K.Na.H3O4P.H2O/c;;;1-5(2,3)4;/h1H;;;(H3,1,2,3,4);1H2/q;2*+1;;/p-2.